The van der Waals surface area contributed by atoms with Crippen LogP contribution in [0.2, 0.25) is 0 Å². The maximum atomic E-state index is 4.64. The molecule has 96 valence electrons. The van der Waals surface area contributed by atoms with Crippen LogP contribution in [0.1, 0.15) is 10.6 Å². The minimum atomic E-state index is 0.858. The van der Waals surface area contributed by atoms with Gasteiger partial charge in [-0.1, -0.05) is 0 Å². The van der Waals surface area contributed by atoms with Gasteiger partial charge in [0, 0.05) is 29.4 Å². The van der Waals surface area contributed by atoms with E-state index in [2.05, 4.69) is 26.3 Å². The van der Waals surface area contributed by atoms with Crippen LogP contribution in [0.4, 0.5) is 0 Å². The highest BCUT2D eigenvalue weighted by molar-refractivity contribution is 7.15. The summed E-state index contributed by atoms with van der Waals surface area (Å²) in [6.45, 7) is 2.91. The second-order valence-corrected chi connectivity index (χ2v) is 5.40. The molecule has 1 aromatic carbocycles. The molecule has 5 heteroatoms. The number of hydrogen-bond donors (Lipinski definition) is 1. The van der Waals surface area contributed by atoms with Crippen LogP contribution >= 0.6 is 11.3 Å². The van der Waals surface area contributed by atoms with Crippen molar-refractivity contribution in [3.63, 3.8) is 0 Å². The second-order valence-electron chi connectivity index (χ2n) is 4.32. The van der Waals surface area contributed by atoms with E-state index in [4.69, 9.17) is 0 Å². The maximum absolute atomic E-state index is 4.64. The number of thiazole rings is 1. The Kier molecular flexibility index (Phi) is 3.23. The zero-order valence-corrected chi connectivity index (χ0v) is 11.7. The molecule has 0 saturated carbocycles. The lowest BCUT2D eigenvalue weighted by atomic mass is 10.2. The van der Waals surface area contributed by atoms with Gasteiger partial charge in [-0.2, -0.15) is 0 Å². The molecule has 1 N–H and O–H groups in total. The Bertz CT molecular complexity index is 720. The van der Waals surface area contributed by atoms with Crippen LogP contribution in [0.15, 0.2) is 30.6 Å². The molecule has 0 aliphatic rings. The van der Waals surface area contributed by atoms with E-state index in [0.29, 0.717) is 0 Å². The van der Waals surface area contributed by atoms with Crippen molar-refractivity contribution in [1.29, 1.82) is 0 Å². The van der Waals surface area contributed by atoms with Crippen LogP contribution < -0.4 is 5.32 Å². The zero-order chi connectivity index (χ0) is 13.2. The van der Waals surface area contributed by atoms with Gasteiger partial charge in [-0.25, -0.2) is 4.98 Å². The van der Waals surface area contributed by atoms with Crippen molar-refractivity contribution < 1.29 is 0 Å². The predicted molar refractivity (Wildman–Crippen MR) is 78.1 cm³/mol. The van der Waals surface area contributed by atoms with E-state index in [9.17, 15) is 0 Å². The third-order valence-electron chi connectivity index (χ3n) is 2.95. The lowest BCUT2D eigenvalue weighted by molar-refractivity contribution is 0.823. The van der Waals surface area contributed by atoms with E-state index in [1.165, 1.54) is 4.88 Å². The fraction of sp³-hybridized carbons (Fsp3) is 0.214. The van der Waals surface area contributed by atoms with Crippen molar-refractivity contribution >= 4 is 22.4 Å². The highest BCUT2D eigenvalue weighted by Gasteiger charge is 2.09. The molecule has 3 aromatic rings. The summed E-state index contributed by atoms with van der Waals surface area (Å²) in [5.41, 5.74) is 4.01. The molecule has 0 aliphatic heterocycles. The molecule has 4 nitrogen and oxygen atoms in total. The van der Waals surface area contributed by atoms with Gasteiger partial charge < -0.3 is 5.32 Å². The van der Waals surface area contributed by atoms with Gasteiger partial charge in [0.05, 0.1) is 16.7 Å². The maximum Gasteiger partial charge on any atom is 0.123 e. The molecule has 0 saturated heterocycles. The third-order valence-corrected chi connectivity index (χ3v) is 4.15. The van der Waals surface area contributed by atoms with E-state index >= 15 is 0 Å². The summed E-state index contributed by atoms with van der Waals surface area (Å²) >= 11 is 1.72. The van der Waals surface area contributed by atoms with E-state index in [-0.39, 0.29) is 0 Å². The van der Waals surface area contributed by atoms with Crippen molar-refractivity contribution in [3.05, 3.63) is 41.2 Å². The van der Waals surface area contributed by atoms with E-state index < -0.39 is 0 Å². The first-order chi connectivity index (χ1) is 9.28. The van der Waals surface area contributed by atoms with Crippen LogP contribution in [-0.4, -0.2) is 22.0 Å². The minimum absolute atomic E-state index is 0.858. The molecule has 0 radical (unpaired) electrons. The number of benzene rings is 1. The van der Waals surface area contributed by atoms with Crippen molar-refractivity contribution in [2.24, 2.45) is 0 Å². The van der Waals surface area contributed by atoms with E-state index in [1.807, 2.05) is 26.1 Å². The van der Waals surface area contributed by atoms with Crippen LogP contribution in [0, 0.1) is 6.92 Å². The number of rotatable bonds is 3. The topological polar surface area (TPSA) is 50.7 Å². The summed E-state index contributed by atoms with van der Waals surface area (Å²) < 4.78 is 0. The number of hydrogen-bond acceptors (Lipinski definition) is 5. The average Bonchev–Trinajstić information content (AvgIpc) is 2.80. The van der Waals surface area contributed by atoms with Crippen LogP contribution in [0.3, 0.4) is 0 Å². The Balaban J connectivity index is 2.06. The summed E-state index contributed by atoms with van der Waals surface area (Å²) in [7, 11) is 1.95. The zero-order valence-electron chi connectivity index (χ0n) is 10.8. The van der Waals surface area contributed by atoms with Gasteiger partial charge in [-0.3, -0.25) is 9.97 Å². The Labute approximate surface area is 115 Å². The molecule has 0 atom stereocenters. The molecule has 2 aromatic heterocycles. The Morgan fingerprint density at radius 2 is 1.95 bits per heavy atom. The molecule has 0 unspecified atom stereocenters. The predicted octanol–water partition coefficient (Wildman–Crippen LogP) is 2.78. The molecule has 2 heterocycles. The minimum Gasteiger partial charge on any atom is -0.315 e. The number of aryl methyl sites for hydroxylation is 1. The average molecular weight is 270 g/mol. The summed E-state index contributed by atoms with van der Waals surface area (Å²) in [5, 5.41) is 4.20. The van der Waals surface area contributed by atoms with Crippen molar-refractivity contribution in [3.8, 4) is 10.6 Å². The SMILES string of the molecule is CNCc1sc(-c2ccc3nccnc3c2)nc1C. The highest BCUT2D eigenvalue weighted by Crippen LogP contribution is 2.29. The molecule has 0 fully saturated rings. The van der Waals surface area contributed by atoms with Gasteiger partial charge in [-0.15, -0.1) is 11.3 Å². The monoisotopic (exact) mass is 270 g/mol. The first kappa shape index (κ1) is 12.2. The van der Waals surface area contributed by atoms with Gasteiger partial charge in [0.1, 0.15) is 5.01 Å². The normalized spacial score (nSPS) is 11.1. The number of aromatic nitrogens is 3. The van der Waals surface area contributed by atoms with E-state index in [0.717, 1.165) is 33.8 Å². The second kappa shape index (κ2) is 5.03. The van der Waals surface area contributed by atoms with Gasteiger partial charge in [-0.05, 0) is 32.2 Å². The molecule has 0 spiro atoms. The first-order valence-electron chi connectivity index (χ1n) is 6.10. The lowest BCUT2D eigenvalue weighted by Crippen LogP contribution is -2.04. The lowest BCUT2D eigenvalue weighted by Gasteiger charge is -1.99. The quantitative estimate of drug-likeness (QED) is 0.795. The Morgan fingerprint density at radius 3 is 2.74 bits per heavy atom. The third kappa shape index (κ3) is 2.34. The fourth-order valence-electron chi connectivity index (χ4n) is 1.97. The first-order valence-corrected chi connectivity index (χ1v) is 6.91. The van der Waals surface area contributed by atoms with Gasteiger partial charge in [0.2, 0.25) is 0 Å². The van der Waals surface area contributed by atoms with Crippen LogP contribution in [0.5, 0.6) is 0 Å². The van der Waals surface area contributed by atoms with Gasteiger partial charge in [0.15, 0.2) is 0 Å². The molecule has 3 rings (SSSR count). The highest BCUT2D eigenvalue weighted by atomic mass is 32.1. The van der Waals surface area contributed by atoms with Crippen molar-refractivity contribution in [1.82, 2.24) is 20.3 Å². The standard InChI is InChI=1S/C14H14N4S/c1-9-13(8-15-2)19-14(18-9)10-3-4-11-12(7-10)17-6-5-16-11/h3-7,15H,8H2,1-2H3. The molecule has 0 amide bonds. The number of nitrogens with zero attached hydrogens (tertiary/aromatic N) is 3. The van der Waals surface area contributed by atoms with Crippen LogP contribution in [-0.2, 0) is 6.54 Å². The molecule has 0 bridgehead atoms. The fourth-order valence-corrected chi connectivity index (χ4v) is 3.04. The Morgan fingerprint density at radius 1 is 1.16 bits per heavy atom. The summed E-state index contributed by atoms with van der Waals surface area (Å²) in [6, 6.07) is 6.09. The summed E-state index contributed by atoms with van der Waals surface area (Å²) in [5.74, 6) is 0. The van der Waals surface area contributed by atoms with Crippen molar-refractivity contribution in [2.75, 3.05) is 7.05 Å². The molecular formula is C14H14N4S. The number of fused-ring (bicyclic) bond motifs is 1. The van der Waals surface area contributed by atoms with Gasteiger partial charge >= 0.3 is 0 Å². The largest absolute Gasteiger partial charge is 0.315 e. The summed E-state index contributed by atoms with van der Waals surface area (Å²) in [4.78, 5) is 14.5. The van der Waals surface area contributed by atoms with E-state index in [1.54, 1.807) is 23.7 Å². The molecule has 0 aliphatic carbocycles. The number of nitrogens with one attached hydrogen (secondary N) is 1. The Hall–Kier alpha value is -1.85. The molecular weight excluding hydrogens is 256 g/mol. The summed E-state index contributed by atoms with van der Waals surface area (Å²) in [6.07, 6.45) is 3.42. The smallest absolute Gasteiger partial charge is 0.123 e. The molecule has 19 heavy (non-hydrogen) atoms. The van der Waals surface area contributed by atoms with Crippen molar-refractivity contribution in [2.45, 2.75) is 13.5 Å². The van der Waals surface area contributed by atoms with Crippen LogP contribution in [0.25, 0.3) is 21.6 Å². The van der Waals surface area contributed by atoms with Gasteiger partial charge in [0.25, 0.3) is 0 Å².